The number of thioether (sulfide) groups is 1. The maximum absolute atomic E-state index is 5.83. The van der Waals surface area contributed by atoms with Crippen molar-refractivity contribution in [2.45, 2.75) is 5.75 Å². The Morgan fingerprint density at radius 3 is 2.50 bits per heavy atom. The molecule has 2 aromatic carbocycles. The van der Waals surface area contributed by atoms with Gasteiger partial charge in [0.1, 0.15) is 11.5 Å². The van der Waals surface area contributed by atoms with Crippen LogP contribution in [0.2, 0.25) is 5.02 Å². The largest absolute Gasteiger partial charge is 0.456 e. The molecule has 0 radical (unpaired) electrons. The van der Waals surface area contributed by atoms with Gasteiger partial charge in [-0.05, 0) is 64.1 Å². The Hall–Kier alpha value is -0.640. The second kappa shape index (κ2) is 6.50. The highest BCUT2D eigenvalue weighted by atomic mass is 79.9. The average Bonchev–Trinajstić information content (AvgIpc) is 2.36. The van der Waals surface area contributed by atoms with Crippen molar-refractivity contribution >= 4 is 39.3 Å². The van der Waals surface area contributed by atoms with Crippen LogP contribution in [-0.2, 0) is 5.75 Å². The Morgan fingerprint density at radius 1 is 1.17 bits per heavy atom. The molecule has 1 nitrogen and oxygen atoms in total. The van der Waals surface area contributed by atoms with Gasteiger partial charge in [0.2, 0.25) is 0 Å². The summed E-state index contributed by atoms with van der Waals surface area (Å²) in [5, 5.41) is 0.705. The lowest BCUT2D eigenvalue weighted by molar-refractivity contribution is 0.479. The van der Waals surface area contributed by atoms with E-state index in [1.807, 2.05) is 30.3 Å². The molecule has 2 aromatic rings. The van der Waals surface area contributed by atoms with Crippen LogP contribution in [0.3, 0.4) is 0 Å². The molecule has 94 valence electrons. The van der Waals surface area contributed by atoms with Gasteiger partial charge in [0.05, 0.1) is 4.47 Å². The van der Waals surface area contributed by atoms with Gasteiger partial charge < -0.3 is 4.74 Å². The van der Waals surface area contributed by atoms with E-state index in [1.165, 1.54) is 5.56 Å². The summed E-state index contributed by atoms with van der Waals surface area (Å²) in [7, 11) is 0. The summed E-state index contributed by atoms with van der Waals surface area (Å²) < 4.78 is 6.75. The molecule has 0 unspecified atom stereocenters. The van der Waals surface area contributed by atoms with E-state index in [1.54, 1.807) is 11.8 Å². The smallest absolute Gasteiger partial charge is 0.141 e. The van der Waals surface area contributed by atoms with Gasteiger partial charge in [-0.2, -0.15) is 11.8 Å². The van der Waals surface area contributed by atoms with Gasteiger partial charge in [0.15, 0.2) is 0 Å². The van der Waals surface area contributed by atoms with Crippen molar-refractivity contribution in [1.29, 1.82) is 0 Å². The molecule has 0 aliphatic heterocycles. The number of hydrogen-bond acceptors (Lipinski definition) is 2. The fourth-order valence-electron chi connectivity index (χ4n) is 1.51. The lowest BCUT2D eigenvalue weighted by Gasteiger charge is -2.09. The Morgan fingerprint density at radius 2 is 1.89 bits per heavy atom. The molecule has 0 heterocycles. The Kier molecular flexibility index (Phi) is 4.98. The van der Waals surface area contributed by atoms with Crippen LogP contribution >= 0.6 is 39.3 Å². The molecule has 18 heavy (non-hydrogen) atoms. The van der Waals surface area contributed by atoms with Crippen molar-refractivity contribution in [3.63, 3.8) is 0 Å². The first kappa shape index (κ1) is 13.8. The summed E-state index contributed by atoms with van der Waals surface area (Å²) in [5.41, 5.74) is 1.28. The third-order valence-corrected chi connectivity index (χ3v) is 3.84. The first-order valence-electron chi connectivity index (χ1n) is 5.40. The summed E-state index contributed by atoms with van der Waals surface area (Å²) in [4.78, 5) is 0. The Balaban J connectivity index is 2.16. The minimum absolute atomic E-state index is 0.705. The highest BCUT2D eigenvalue weighted by molar-refractivity contribution is 9.10. The van der Waals surface area contributed by atoms with E-state index in [0.29, 0.717) is 5.02 Å². The molecule has 0 aliphatic carbocycles. The molecular formula is C14H12BrClOS. The van der Waals surface area contributed by atoms with Gasteiger partial charge in [0.25, 0.3) is 0 Å². The Labute approximate surface area is 125 Å². The van der Waals surface area contributed by atoms with Crippen LogP contribution in [0.4, 0.5) is 0 Å². The average molecular weight is 344 g/mol. The minimum Gasteiger partial charge on any atom is -0.456 e. The number of ether oxygens (including phenoxy) is 1. The predicted molar refractivity (Wildman–Crippen MR) is 82.9 cm³/mol. The molecular weight excluding hydrogens is 332 g/mol. The lowest BCUT2D eigenvalue weighted by atomic mass is 10.2. The summed E-state index contributed by atoms with van der Waals surface area (Å²) in [6, 6.07) is 13.5. The quantitative estimate of drug-likeness (QED) is 0.698. The molecule has 0 aromatic heterocycles. The lowest BCUT2D eigenvalue weighted by Crippen LogP contribution is -1.87. The fraction of sp³-hybridized carbons (Fsp3) is 0.143. The monoisotopic (exact) mass is 342 g/mol. The van der Waals surface area contributed by atoms with Crippen molar-refractivity contribution in [1.82, 2.24) is 0 Å². The number of hydrogen-bond donors (Lipinski definition) is 0. The van der Waals surface area contributed by atoms with Gasteiger partial charge in [-0.3, -0.25) is 0 Å². The van der Waals surface area contributed by atoms with Crippen molar-refractivity contribution in [3.8, 4) is 11.5 Å². The summed E-state index contributed by atoms with van der Waals surface area (Å²) in [5.74, 6) is 2.58. The van der Waals surface area contributed by atoms with Crippen LogP contribution < -0.4 is 4.74 Å². The van der Waals surface area contributed by atoms with Gasteiger partial charge in [-0.1, -0.05) is 17.7 Å². The van der Waals surface area contributed by atoms with E-state index in [-0.39, 0.29) is 0 Å². The van der Waals surface area contributed by atoms with Crippen molar-refractivity contribution in [2.24, 2.45) is 0 Å². The molecule has 0 saturated carbocycles. The molecule has 0 bridgehead atoms. The minimum atomic E-state index is 0.705. The van der Waals surface area contributed by atoms with Crippen molar-refractivity contribution < 1.29 is 4.74 Å². The van der Waals surface area contributed by atoms with E-state index < -0.39 is 0 Å². The molecule has 0 amide bonds. The Bertz CT molecular complexity index is 528. The van der Waals surface area contributed by atoms with Crippen LogP contribution in [0.25, 0.3) is 0 Å². The van der Waals surface area contributed by atoms with Gasteiger partial charge >= 0.3 is 0 Å². The van der Waals surface area contributed by atoms with Crippen LogP contribution in [0.1, 0.15) is 5.56 Å². The third-order valence-electron chi connectivity index (χ3n) is 2.35. The zero-order valence-electron chi connectivity index (χ0n) is 9.82. The van der Waals surface area contributed by atoms with E-state index in [0.717, 1.165) is 21.7 Å². The first-order valence-corrected chi connectivity index (χ1v) is 7.96. The topological polar surface area (TPSA) is 9.23 Å². The third kappa shape index (κ3) is 3.67. The highest BCUT2D eigenvalue weighted by Crippen LogP contribution is 2.31. The van der Waals surface area contributed by atoms with E-state index in [2.05, 4.69) is 34.3 Å². The number of rotatable bonds is 4. The zero-order valence-corrected chi connectivity index (χ0v) is 13.0. The van der Waals surface area contributed by atoms with E-state index >= 15 is 0 Å². The fourth-order valence-corrected chi connectivity index (χ4v) is 2.66. The molecule has 4 heteroatoms. The van der Waals surface area contributed by atoms with E-state index in [9.17, 15) is 0 Å². The maximum atomic E-state index is 5.83. The van der Waals surface area contributed by atoms with Crippen molar-refractivity contribution in [3.05, 3.63) is 57.5 Å². The van der Waals surface area contributed by atoms with Gasteiger partial charge in [-0.25, -0.2) is 0 Å². The van der Waals surface area contributed by atoms with Crippen LogP contribution in [0.5, 0.6) is 11.5 Å². The SMILES string of the molecule is CSCc1ccc(Oc2ccc(Cl)cc2)c(Br)c1. The zero-order chi connectivity index (χ0) is 13.0. The maximum Gasteiger partial charge on any atom is 0.141 e. The molecule has 0 aliphatic rings. The highest BCUT2D eigenvalue weighted by Gasteiger charge is 2.04. The van der Waals surface area contributed by atoms with Crippen molar-refractivity contribution in [2.75, 3.05) is 6.26 Å². The first-order chi connectivity index (χ1) is 8.69. The summed E-state index contributed by atoms with van der Waals surface area (Å²) in [6.45, 7) is 0. The van der Waals surface area contributed by atoms with E-state index in [4.69, 9.17) is 16.3 Å². The van der Waals surface area contributed by atoms with Crippen LogP contribution in [0, 0.1) is 0 Å². The van der Waals surface area contributed by atoms with Crippen LogP contribution in [-0.4, -0.2) is 6.26 Å². The second-order valence-corrected chi connectivity index (χ2v) is 5.91. The molecule has 0 spiro atoms. The molecule has 0 saturated heterocycles. The normalized spacial score (nSPS) is 10.4. The van der Waals surface area contributed by atoms with Gasteiger partial charge in [0, 0.05) is 10.8 Å². The summed E-state index contributed by atoms with van der Waals surface area (Å²) >= 11 is 11.2. The number of halogens is 2. The second-order valence-electron chi connectivity index (χ2n) is 3.75. The standard InChI is InChI=1S/C14H12BrClOS/c1-18-9-10-2-7-14(13(15)8-10)17-12-5-3-11(16)4-6-12/h2-8H,9H2,1H3. The molecule has 0 fully saturated rings. The molecule has 0 N–H and O–H groups in total. The number of benzene rings is 2. The van der Waals surface area contributed by atoms with Crippen LogP contribution in [0.15, 0.2) is 46.9 Å². The summed E-state index contributed by atoms with van der Waals surface area (Å²) in [6.07, 6.45) is 2.09. The molecule has 0 atom stereocenters. The predicted octanol–water partition coefficient (Wildman–Crippen LogP) is 5.76. The molecule has 2 rings (SSSR count). The van der Waals surface area contributed by atoms with Gasteiger partial charge in [-0.15, -0.1) is 0 Å².